The first-order valence-corrected chi connectivity index (χ1v) is 7.39. The van der Waals surface area contributed by atoms with Gasteiger partial charge in [0, 0.05) is 16.3 Å². The Morgan fingerprint density at radius 3 is 2.60 bits per heavy atom. The van der Waals surface area contributed by atoms with Crippen molar-refractivity contribution < 1.29 is 4.79 Å². The summed E-state index contributed by atoms with van der Waals surface area (Å²) >= 11 is 1.44. The normalized spacial score (nSPS) is 10.3. The highest BCUT2D eigenvalue weighted by atomic mass is 32.2. The van der Waals surface area contributed by atoms with Crippen LogP contribution in [0.2, 0.25) is 0 Å². The van der Waals surface area contributed by atoms with Gasteiger partial charge in [0.2, 0.25) is 5.91 Å². The molecule has 0 fully saturated rings. The second kappa shape index (κ2) is 6.48. The minimum absolute atomic E-state index is 0.0264. The maximum atomic E-state index is 11.9. The molecule has 2 aromatic rings. The highest BCUT2D eigenvalue weighted by Gasteiger charge is 2.06. The molecule has 3 N–H and O–H groups in total. The lowest BCUT2D eigenvalue weighted by Crippen LogP contribution is -2.14. The third-order valence-electron chi connectivity index (χ3n) is 3.07. The van der Waals surface area contributed by atoms with Gasteiger partial charge in [0.05, 0.1) is 5.75 Å². The lowest BCUT2D eigenvalue weighted by Gasteiger charge is -2.08. The molecule has 0 heterocycles. The number of rotatable bonds is 4. The van der Waals surface area contributed by atoms with Gasteiger partial charge in [-0.15, -0.1) is 11.8 Å². The molecule has 0 radical (unpaired) electrons. The first kappa shape index (κ1) is 14.5. The standard InChI is InChI=1S/C16H18N2OS/c1-11-7-8-13(9-12(11)2)18-16(19)10-20-15-6-4-3-5-14(15)17/h3-9H,10,17H2,1-2H3,(H,18,19). The van der Waals surface area contributed by atoms with Crippen LogP contribution in [0.1, 0.15) is 11.1 Å². The van der Waals surface area contributed by atoms with Gasteiger partial charge in [0.1, 0.15) is 0 Å². The molecule has 0 saturated heterocycles. The van der Waals surface area contributed by atoms with Crippen LogP contribution >= 0.6 is 11.8 Å². The molecule has 20 heavy (non-hydrogen) atoms. The molecule has 4 heteroatoms. The van der Waals surface area contributed by atoms with Gasteiger partial charge in [-0.05, 0) is 49.2 Å². The zero-order valence-electron chi connectivity index (χ0n) is 11.6. The Hall–Kier alpha value is -1.94. The van der Waals surface area contributed by atoms with E-state index in [0.717, 1.165) is 10.6 Å². The topological polar surface area (TPSA) is 55.1 Å². The lowest BCUT2D eigenvalue weighted by atomic mass is 10.1. The smallest absolute Gasteiger partial charge is 0.234 e. The highest BCUT2D eigenvalue weighted by molar-refractivity contribution is 8.00. The van der Waals surface area contributed by atoms with E-state index in [4.69, 9.17) is 5.73 Å². The molecular weight excluding hydrogens is 268 g/mol. The van der Waals surface area contributed by atoms with Crippen molar-refractivity contribution in [2.45, 2.75) is 18.7 Å². The average molecular weight is 286 g/mol. The van der Waals surface area contributed by atoms with E-state index in [2.05, 4.69) is 12.2 Å². The average Bonchev–Trinajstić information content (AvgIpc) is 2.42. The van der Waals surface area contributed by atoms with E-state index < -0.39 is 0 Å². The van der Waals surface area contributed by atoms with Crippen LogP contribution in [-0.4, -0.2) is 11.7 Å². The first-order valence-electron chi connectivity index (χ1n) is 6.40. The largest absolute Gasteiger partial charge is 0.398 e. The number of para-hydroxylation sites is 1. The predicted molar refractivity (Wildman–Crippen MR) is 86.1 cm³/mol. The summed E-state index contributed by atoms with van der Waals surface area (Å²) in [4.78, 5) is 12.9. The van der Waals surface area contributed by atoms with Crippen molar-refractivity contribution in [1.29, 1.82) is 0 Å². The van der Waals surface area contributed by atoms with Crippen molar-refractivity contribution in [3.63, 3.8) is 0 Å². The van der Waals surface area contributed by atoms with Crippen molar-refractivity contribution in [2.24, 2.45) is 0 Å². The Bertz CT molecular complexity index is 626. The van der Waals surface area contributed by atoms with E-state index in [9.17, 15) is 4.79 Å². The molecule has 0 aromatic heterocycles. The van der Waals surface area contributed by atoms with Crippen molar-refractivity contribution in [3.8, 4) is 0 Å². The van der Waals surface area contributed by atoms with Gasteiger partial charge < -0.3 is 11.1 Å². The molecule has 0 aliphatic carbocycles. The number of carbonyl (C=O) groups is 1. The summed E-state index contributed by atoms with van der Waals surface area (Å²) < 4.78 is 0. The Morgan fingerprint density at radius 2 is 1.90 bits per heavy atom. The molecule has 104 valence electrons. The number of thioether (sulfide) groups is 1. The van der Waals surface area contributed by atoms with Gasteiger partial charge in [0.15, 0.2) is 0 Å². The summed E-state index contributed by atoms with van der Waals surface area (Å²) in [5.74, 6) is 0.322. The first-order chi connectivity index (χ1) is 9.56. The number of carbonyl (C=O) groups excluding carboxylic acids is 1. The Labute approximate surface area is 123 Å². The van der Waals surface area contributed by atoms with Crippen LogP contribution in [0.15, 0.2) is 47.4 Å². The number of anilines is 2. The van der Waals surface area contributed by atoms with Gasteiger partial charge in [-0.2, -0.15) is 0 Å². The van der Waals surface area contributed by atoms with Gasteiger partial charge in [-0.3, -0.25) is 4.79 Å². The number of nitrogens with one attached hydrogen (secondary N) is 1. The molecule has 3 nitrogen and oxygen atoms in total. The second-order valence-corrected chi connectivity index (χ2v) is 5.69. The van der Waals surface area contributed by atoms with E-state index in [1.807, 2.05) is 49.4 Å². The van der Waals surface area contributed by atoms with Crippen LogP contribution in [0, 0.1) is 13.8 Å². The summed E-state index contributed by atoms with van der Waals surface area (Å²) in [6.07, 6.45) is 0. The van der Waals surface area contributed by atoms with E-state index in [-0.39, 0.29) is 5.91 Å². The van der Waals surface area contributed by atoms with Gasteiger partial charge in [-0.25, -0.2) is 0 Å². The molecule has 0 aliphatic rings. The number of hydrogen-bond acceptors (Lipinski definition) is 3. The van der Waals surface area contributed by atoms with Crippen LogP contribution < -0.4 is 11.1 Å². The summed E-state index contributed by atoms with van der Waals surface area (Å²) in [6.45, 7) is 4.08. The molecule has 2 rings (SSSR count). The van der Waals surface area contributed by atoms with Gasteiger partial charge in [-0.1, -0.05) is 18.2 Å². The Morgan fingerprint density at radius 1 is 1.15 bits per heavy atom. The number of nitrogens with two attached hydrogens (primary N) is 1. The predicted octanol–water partition coefficient (Wildman–Crippen LogP) is 3.62. The maximum absolute atomic E-state index is 11.9. The van der Waals surface area contributed by atoms with E-state index >= 15 is 0 Å². The molecule has 1 amide bonds. The number of nitrogen functional groups attached to an aromatic ring is 1. The molecule has 0 aliphatic heterocycles. The number of benzene rings is 2. The summed E-state index contributed by atoms with van der Waals surface area (Å²) in [6, 6.07) is 13.5. The number of hydrogen-bond donors (Lipinski definition) is 2. The van der Waals surface area contributed by atoms with Crippen molar-refractivity contribution in [1.82, 2.24) is 0 Å². The zero-order chi connectivity index (χ0) is 14.5. The van der Waals surface area contributed by atoms with E-state index in [1.165, 1.54) is 22.9 Å². The molecule has 0 atom stereocenters. The van der Waals surface area contributed by atoms with Crippen molar-refractivity contribution in [2.75, 3.05) is 16.8 Å². The molecule has 2 aromatic carbocycles. The van der Waals surface area contributed by atoms with E-state index in [0.29, 0.717) is 11.4 Å². The summed E-state index contributed by atoms with van der Waals surface area (Å²) in [7, 11) is 0. The maximum Gasteiger partial charge on any atom is 0.234 e. The third-order valence-corrected chi connectivity index (χ3v) is 4.16. The SMILES string of the molecule is Cc1ccc(NC(=O)CSc2ccccc2N)cc1C. The quantitative estimate of drug-likeness (QED) is 0.667. The zero-order valence-corrected chi connectivity index (χ0v) is 12.5. The summed E-state index contributed by atoms with van der Waals surface area (Å²) in [5, 5.41) is 2.90. The van der Waals surface area contributed by atoms with Crippen molar-refractivity contribution >= 4 is 29.0 Å². The number of amides is 1. The second-order valence-electron chi connectivity index (χ2n) is 4.67. The third kappa shape index (κ3) is 3.78. The minimum Gasteiger partial charge on any atom is -0.398 e. The monoisotopic (exact) mass is 286 g/mol. The molecule has 0 bridgehead atoms. The number of aryl methyl sites for hydroxylation is 2. The Balaban J connectivity index is 1.93. The fourth-order valence-corrected chi connectivity index (χ4v) is 2.54. The fourth-order valence-electron chi connectivity index (χ4n) is 1.77. The van der Waals surface area contributed by atoms with Crippen LogP contribution in [0.5, 0.6) is 0 Å². The Kier molecular flexibility index (Phi) is 4.69. The molecule has 0 unspecified atom stereocenters. The fraction of sp³-hybridized carbons (Fsp3) is 0.188. The van der Waals surface area contributed by atoms with Crippen LogP contribution in [0.3, 0.4) is 0 Å². The van der Waals surface area contributed by atoms with Crippen LogP contribution in [0.4, 0.5) is 11.4 Å². The molecular formula is C16H18N2OS. The highest BCUT2D eigenvalue weighted by Crippen LogP contribution is 2.24. The van der Waals surface area contributed by atoms with Gasteiger partial charge >= 0.3 is 0 Å². The van der Waals surface area contributed by atoms with Gasteiger partial charge in [0.25, 0.3) is 0 Å². The van der Waals surface area contributed by atoms with Crippen LogP contribution in [-0.2, 0) is 4.79 Å². The van der Waals surface area contributed by atoms with Crippen LogP contribution in [0.25, 0.3) is 0 Å². The minimum atomic E-state index is -0.0264. The molecule has 0 spiro atoms. The van der Waals surface area contributed by atoms with Crippen molar-refractivity contribution in [3.05, 3.63) is 53.6 Å². The summed E-state index contributed by atoms with van der Waals surface area (Å²) in [5.41, 5.74) is 9.77. The van der Waals surface area contributed by atoms with E-state index in [1.54, 1.807) is 0 Å². The molecule has 0 saturated carbocycles. The lowest BCUT2D eigenvalue weighted by molar-refractivity contribution is -0.113.